The number of benzene rings is 1. The number of nitrogens with zero attached hydrogens (tertiary/aromatic N) is 1. The van der Waals surface area contributed by atoms with Gasteiger partial charge in [-0.1, -0.05) is 30.3 Å². The summed E-state index contributed by atoms with van der Waals surface area (Å²) in [6.45, 7) is 0. The molecule has 2 aliphatic rings. The van der Waals surface area contributed by atoms with Gasteiger partial charge in [-0.15, -0.1) is 0 Å². The molecule has 0 spiro atoms. The lowest BCUT2D eigenvalue weighted by atomic mass is 9.88. The first-order valence-electron chi connectivity index (χ1n) is 6.25. The van der Waals surface area contributed by atoms with Gasteiger partial charge >= 0.3 is 0 Å². The number of rotatable bonds is 2. The van der Waals surface area contributed by atoms with Gasteiger partial charge in [0.15, 0.2) is 0 Å². The van der Waals surface area contributed by atoms with Gasteiger partial charge in [0.1, 0.15) is 0 Å². The zero-order chi connectivity index (χ0) is 12.7. The van der Waals surface area contributed by atoms with Crippen LogP contribution in [0.25, 0.3) is 0 Å². The Labute approximate surface area is 105 Å². The van der Waals surface area contributed by atoms with E-state index in [4.69, 9.17) is 0 Å². The average molecular weight is 245 g/mol. The number of aliphatic hydroxyl groups excluding tert-OH is 1. The molecule has 0 bridgehead atoms. The van der Waals surface area contributed by atoms with Gasteiger partial charge in [0.2, 0.25) is 11.8 Å². The van der Waals surface area contributed by atoms with Gasteiger partial charge < -0.3 is 5.11 Å². The molecule has 1 aliphatic heterocycles. The number of hydrogen-bond donors (Lipinski definition) is 1. The zero-order valence-electron chi connectivity index (χ0n) is 9.95. The van der Waals surface area contributed by atoms with Crippen molar-refractivity contribution in [3.63, 3.8) is 0 Å². The third kappa shape index (κ3) is 1.73. The number of hydrogen-bond acceptors (Lipinski definition) is 3. The van der Waals surface area contributed by atoms with E-state index in [0.29, 0.717) is 12.8 Å². The fourth-order valence-electron chi connectivity index (χ4n) is 2.75. The molecule has 1 unspecified atom stereocenters. The highest BCUT2D eigenvalue weighted by Crippen LogP contribution is 2.36. The van der Waals surface area contributed by atoms with Crippen molar-refractivity contribution >= 4 is 11.8 Å². The van der Waals surface area contributed by atoms with Crippen LogP contribution in [0, 0.1) is 0 Å². The molecule has 1 aromatic carbocycles. The summed E-state index contributed by atoms with van der Waals surface area (Å²) < 4.78 is 0. The molecule has 1 aliphatic carbocycles. The van der Waals surface area contributed by atoms with Crippen molar-refractivity contribution in [3.05, 3.63) is 35.9 Å². The predicted octanol–water partition coefficient (Wildman–Crippen LogP) is 1.05. The molecule has 1 heterocycles. The third-order valence-corrected chi connectivity index (χ3v) is 3.84. The molecule has 1 N–H and O–H groups in total. The molecule has 0 radical (unpaired) electrons. The van der Waals surface area contributed by atoms with Crippen molar-refractivity contribution in [2.75, 3.05) is 0 Å². The van der Waals surface area contributed by atoms with Crippen LogP contribution in [0.15, 0.2) is 30.3 Å². The summed E-state index contributed by atoms with van der Waals surface area (Å²) in [5.41, 5.74) is 0.901. The molecule has 1 atom stereocenters. The van der Waals surface area contributed by atoms with Crippen LogP contribution in [0.2, 0.25) is 0 Å². The van der Waals surface area contributed by atoms with Crippen molar-refractivity contribution in [3.8, 4) is 0 Å². The van der Waals surface area contributed by atoms with Crippen LogP contribution < -0.4 is 0 Å². The molecule has 2 amide bonds. The summed E-state index contributed by atoms with van der Waals surface area (Å²) in [4.78, 5) is 25.6. The van der Waals surface area contributed by atoms with E-state index in [9.17, 15) is 14.7 Å². The molecule has 2 fully saturated rings. The number of likely N-dealkylation sites (tertiary alicyclic amines) is 1. The Morgan fingerprint density at radius 2 is 1.78 bits per heavy atom. The predicted molar refractivity (Wildman–Crippen MR) is 64.7 cm³/mol. The van der Waals surface area contributed by atoms with E-state index >= 15 is 0 Å². The second-order valence-electron chi connectivity index (χ2n) is 5.05. The molecule has 94 valence electrons. The number of carbonyl (C=O) groups is 2. The number of imide groups is 1. The monoisotopic (exact) mass is 245 g/mol. The van der Waals surface area contributed by atoms with Gasteiger partial charge in [0.25, 0.3) is 0 Å². The Hall–Kier alpha value is -1.68. The fraction of sp³-hybridized carbons (Fsp3) is 0.429. The lowest BCUT2D eigenvalue weighted by molar-refractivity contribution is -0.146. The molecule has 1 saturated carbocycles. The molecule has 18 heavy (non-hydrogen) atoms. The first-order valence-corrected chi connectivity index (χ1v) is 6.25. The van der Waals surface area contributed by atoms with Crippen molar-refractivity contribution in [1.29, 1.82) is 0 Å². The molecule has 1 saturated heterocycles. The smallest absolute Gasteiger partial charge is 0.237 e. The van der Waals surface area contributed by atoms with E-state index < -0.39 is 0 Å². The first kappa shape index (κ1) is 11.4. The van der Waals surface area contributed by atoms with E-state index in [-0.39, 0.29) is 36.3 Å². The van der Waals surface area contributed by atoms with Gasteiger partial charge in [0, 0.05) is 12.5 Å². The van der Waals surface area contributed by atoms with Crippen molar-refractivity contribution in [1.82, 2.24) is 4.90 Å². The lowest BCUT2D eigenvalue weighted by Crippen LogP contribution is -2.49. The van der Waals surface area contributed by atoms with Gasteiger partial charge in [0.05, 0.1) is 12.0 Å². The van der Waals surface area contributed by atoms with Gasteiger partial charge in [-0.05, 0) is 18.4 Å². The van der Waals surface area contributed by atoms with Crippen molar-refractivity contribution in [2.24, 2.45) is 0 Å². The van der Waals surface area contributed by atoms with Crippen LogP contribution in [0.3, 0.4) is 0 Å². The fourth-order valence-corrected chi connectivity index (χ4v) is 2.75. The van der Waals surface area contributed by atoms with Crippen LogP contribution in [0.4, 0.5) is 0 Å². The standard InChI is InChI=1S/C14H15NO3/c16-11-6-10(7-11)15-13(17)8-12(14(15)18)9-4-2-1-3-5-9/h1-5,10-12,16H,6-8H2. The minimum absolute atomic E-state index is 0.0892. The highest BCUT2D eigenvalue weighted by atomic mass is 16.3. The second-order valence-corrected chi connectivity index (χ2v) is 5.05. The quantitative estimate of drug-likeness (QED) is 0.792. The number of amides is 2. The summed E-state index contributed by atoms with van der Waals surface area (Å²) >= 11 is 0. The van der Waals surface area contributed by atoms with E-state index in [2.05, 4.69) is 0 Å². The third-order valence-electron chi connectivity index (χ3n) is 3.84. The highest BCUT2D eigenvalue weighted by molar-refractivity contribution is 6.06. The average Bonchev–Trinajstić information content (AvgIpc) is 2.62. The Morgan fingerprint density at radius 3 is 2.39 bits per heavy atom. The molecule has 3 rings (SSSR count). The molecular weight excluding hydrogens is 230 g/mol. The largest absolute Gasteiger partial charge is 0.393 e. The van der Waals surface area contributed by atoms with E-state index in [1.54, 1.807) is 0 Å². The normalized spacial score (nSPS) is 31.6. The minimum Gasteiger partial charge on any atom is -0.393 e. The summed E-state index contributed by atoms with van der Waals surface area (Å²) in [5, 5.41) is 9.28. The maximum absolute atomic E-state index is 12.3. The van der Waals surface area contributed by atoms with Gasteiger partial charge in [-0.2, -0.15) is 0 Å². The van der Waals surface area contributed by atoms with Crippen molar-refractivity contribution < 1.29 is 14.7 Å². The van der Waals surface area contributed by atoms with Gasteiger partial charge in [-0.25, -0.2) is 0 Å². The molecule has 4 heteroatoms. The topological polar surface area (TPSA) is 57.6 Å². The Morgan fingerprint density at radius 1 is 1.11 bits per heavy atom. The van der Waals surface area contributed by atoms with Gasteiger partial charge in [-0.3, -0.25) is 14.5 Å². The van der Waals surface area contributed by atoms with E-state index in [1.807, 2.05) is 30.3 Å². The molecule has 0 aromatic heterocycles. The Balaban J connectivity index is 1.81. The Kier molecular flexibility index (Phi) is 2.67. The van der Waals surface area contributed by atoms with Crippen LogP contribution >= 0.6 is 0 Å². The molecule has 4 nitrogen and oxygen atoms in total. The number of aliphatic hydroxyl groups is 1. The zero-order valence-corrected chi connectivity index (χ0v) is 9.95. The van der Waals surface area contributed by atoms with Crippen LogP contribution in [0.1, 0.15) is 30.7 Å². The molecular formula is C14H15NO3. The SMILES string of the molecule is O=C1CC(c2ccccc2)C(=O)N1C1CC(O)C1. The summed E-state index contributed by atoms with van der Waals surface area (Å²) in [6.07, 6.45) is 0.958. The Bertz CT molecular complexity index is 479. The second kappa shape index (κ2) is 4.21. The first-order chi connectivity index (χ1) is 8.66. The summed E-state index contributed by atoms with van der Waals surface area (Å²) in [6, 6.07) is 9.33. The van der Waals surface area contributed by atoms with Crippen LogP contribution in [0.5, 0.6) is 0 Å². The van der Waals surface area contributed by atoms with Crippen molar-refractivity contribution in [2.45, 2.75) is 37.3 Å². The van der Waals surface area contributed by atoms with Crippen LogP contribution in [-0.2, 0) is 9.59 Å². The van der Waals surface area contributed by atoms with E-state index in [0.717, 1.165) is 5.56 Å². The van der Waals surface area contributed by atoms with E-state index in [1.165, 1.54) is 4.90 Å². The maximum atomic E-state index is 12.3. The highest BCUT2D eigenvalue weighted by Gasteiger charge is 2.46. The number of carbonyl (C=O) groups excluding carboxylic acids is 2. The summed E-state index contributed by atoms with van der Waals surface area (Å²) in [5.74, 6) is -0.551. The molecule has 1 aromatic rings. The minimum atomic E-state index is -0.355. The maximum Gasteiger partial charge on any atom is 0.237 e. The lowest BCUT2D eigenvalue weighted by Gasteiger charge is -2.37. The summed E-state index contributed by atoms with van der Waals surface area (Å²) in [7, 11) is 0. The van der Waals surface area contributed by atoms with Crippen LogP contribution in [-0.4, -0.2) is 34.0 Å².